The number of hydrogen-bond acceptors (Lipinski definition) is 2. The summed E-state index contributed by atoms with van der Waals surface area (Å²) in [6.07, 6.45) is 2.76. The summed E-state index contributed by atoms with van der Waals surface area (Å²) < 4.78 is 0. The molecule has 0 amide bonds. The summed E-state index contributed by atoms with van der Waals surface area (Å²) >= 11 is 0. The molecule has 1 aromatic carbocycles. The van der Waals surface area contributed by atoms with Crippen LogP contribution in [0.3, 0.4) is 0 Å². The molecular formula is C16H20O3. The standard InChI is InChI=1S/C16H20O3/c1-16(2,3)14-8-6-12(7-9-14)13(5-4-10-17)11-15(18)19/h6-11H,4-5H2,1-3H3,(H,18,19)/b13-11-. The van der Waals surface area contributed by atoms with Crippen molar-refractivity contribution in [3.63, 3.8) is 0 Å². The molecule has 0 spiro atoms. The van der Waals surface area contributed by atoms with Gasteiger partial charge in [0.2, 0.25) is 0 Å². The van der Waals surface area contributed by atoms with E-state index >= 15 is 0 Å². The predicted molar refractivity (Wildman–Crippen MR) is 76.1 cm³/mol. The summed E-state index contributed by atoms with van der Waals surface area (Å²) in [5, 5.41) is 8.86. The lowest BCUT2D eigenvalue weighted by molar-refractivity contribution is -0.131. The van der Waals surface area contributed by atoms with Crippen molar-refractivity contribution < 1.29 is 14.7 Å². The van der Waals surface area contributed by atoms with Gasteiger partial charge in [-0.15, -0.1) is 0 Å². The number of carbonyl (C=O) groups excluding carboxylic acids is 1. The summed E-state index contributed by atoms with van der Waals surface area (Å²) in [5.74, 6) is -0.985. The number of rotatable bonds is 5. The van der Waals surface area contributed by atoms with Crippen LogP contribution in [0.15, 0.2) is 30.3 Å². The van der Waals surface area contributed by atoms with E-state index in [0.29, 0.717) is 18.4 Å². The van der Waals surface area contributed by atoms with Crippen LogP contribution in [0.25, 0.3) is 5.57 Å². The number of carbonyl (C=O) groups is 2. The highest BCUT2D eigenvalue weighted by Crippen LogP contribution is 2.25. The summed E-state index contributed by atoms with van der Waals surface area (Å²) in [6, 6.07) is 7.85. The third-order valence-corrected chi connectivity index (χ3v) is 2.95. The normalized spacial score (nSPS) is 12.3. The summed E-state index contributed by atoms with van der Waals surface area (Å²) in [7, 11) is 0. The van der Waals surface area contributed by atoms with Gasteiger partial charge in [-0.3, -0.25) is 0 Å². The number of allylic oxidation sites excluding steroid dienone is 1. The van der Waals surface area contributed by atoms with E-state index in [2.05, 4.69) is 20.8 Å². The molecule has 19 heavy (non-hydrogen) atoms. The molecule has 3 heteroatoms. The minimum Gasteiger partial charge on any atom is -0.478 e. The number of aldehydes is 1. The Morgan fingerprint density at radius 3 is 2.21 bits per heavy atom. The second-order valence-corrected chi connectivity index (χ2v) is 5.54. The van der Waals surface area contributed by atoms with Gasteiger partial charge < -0.3 is 9.90 Å². The van der Waals surface area contributed by atoms with E-state index in [1.165, 1.54) is 11.6 Å². The zero-order chi connectivity index (χ0) is 14.5. The van der Waals surface area contributed by atoms with Gasteiger partial charge in [0.25, 0.3) is 0 Å². The van der Waals surface area contributed by atoms with E-state index in [0.717, 1.165) is 11.8 Å². The lowest BCUT2D eigenvalue weighted by atomic mass is 9.86. The Hall–Kier alpha value is -1.90. The maximum atomic E-state index is 10.8. The fourth-order valence-electron chi connectivity index (χ4n) is 1.85. The molecule has 3 nitrogen and oxygen atoms in total. The van der Waals surface area contributed by atoms with Gasteiger partial charge in [0.15, 0.2) is 0 Å². The number of carboxylic acids is 1. The third kappa shape index (κ3) is 4.70. The number of benzene rings is 1. The van der Waals surface area contributed by atoms with Gasteiger partial charge in [0.05, 0.1) is 0 Å². The molecule has 0 radical (unpaired) electrons. The summed E-state index contributed by atoms with van der Waals surface area (Å²) in [5.41, 5.74) is 2.80. The first-order valence-corrected chi connectivity index (χ1v) is 6.32. The molecule has 1 rings (SSSR count). The van der Waals surface area contributed by atoms with Crippen LogP contribution in [-0.2, 0) is 15.0 Å². The minimum atomic E-state index is -0.985. The smallest absolute Gasteiger partial charge is 0.328 e. The molecule has 0 saturated carbocycles. The molecule has 0 bridgehead atoms. The molecule has 0 saturated heterocycles. The second kappa shape index (κ2) is 6.32. The lowest BCUT2D eigenvalue weighted by Gasteiger charge is -2.19. The molecule has 0 unspecified atom stereocenters. The van der Waals surface area contributed by atoms with Gasteiger partial charge in [-0.1, -0.05) is 45.0 Å². The molecule has 0 fully saturated rings. The van der Waals surface area contributed by atoms with E-state index in [-0.39, 0.29) is 5.41 Å². The Morgan fingerprint density at radius 1 is 1.21 bits per heavy atom. The van der Waals surface area contributed by atoms with E-state index in [1.807, 2.05) is 24.3 Å². The van der Waals surface area contributed by atoms with E-state index in [9.17, 15) is 9.59 Å². The average Bonchev–Trinajstić information content (AvgIpc) is 2.33. The number of hydrogen-bond donors (Lipinski definition) is 1. The molecule has 0 aromatic heterocycles. The highest BCUT2D eigenvalue weighted by atomic mass is 16.4. The SMILES string of the molecule is CC(C)(C)c1ccc(/C(=C\C(=O)O)CCC=O)cc1. The molecule has 1 N–H and O–H groups in total. The van der Waals surface area contributed by atoms with Crippen LogP contribution in [-0.4, -0.2) is 17.4 Å². The Balaban J connectivity index is 3.04. The number of carboxylic acid groups (broad SMARTS) is 1. The minimum absolute atomic E-state index is 0.0675. The van der Waals surface area contributed by atoms with Gasteiger partial charge in [-0.25, -0.2) is 4.79 Å². The van der Waals surface area contributed by atoms with Gasteiger partial charge in [0, 0.05) is 12.5 Å². The van der Waals surface area contributed by atoms with Crippen molar-refractivity contribution >= 4 is 17.8 Å². The van der Waals surface area contributed by atoms with Crippen molar-refractivity contribution in [2.75, 3.05) is 0 Å². The van der Waals surface area contributed by atoms with Gasteiger partial charge in [-0.2, -0.15) is 0 Å². The van der Waals surface area contributed by atoms with E-state index in [4.69, 9.17) is 5.11 Å². The maximum Gasteiger partial charge on any atom is 0.328 e. The zero-order valence-corrected chi connectivity index (χ0v) is 11.6. The Kier molecular flexibility index (Phi) is 5.04. The molecule has 0 atom stereocenters. The van der Waals surface area contributed by atoms with Crippen LogP contribution in [0.5, 0.6) is 0 Å². The summed E-state index contributed by atoms with van der Waals surface area (Å²) in [4.78, 5) is 21.2. The molecular weight excluding hydrogens is 240 g/mol. The second-order valence-electron chi connectivity index (χ2n) is 5.54. The maximum absolute atomic E-state index is 10.8. The largest absolute Gasteiger partial charge is 0.478 e. The quantitative estimate of drug-likeness (QED) is 0.652. The lowest BCUT2D eigenvalue weighted by Crippen LogP contribution is -2.10. The van der Waals surface area contributed by atoms with Crippen LogP contribution < -0.4 is 0 Å². The molecule has 102 valence electrons. The highest BCUT2D eigenvalue weighted by Gasteiger charge is 2.13. The first-order valence-electron chi connectivity index (χ1n) is 6.32. The van der Waals surface area contributed by atoms with E-state index in [1.54, 1.807) is 0 Å². The first-order chi connectivity index (χ1) is 8.84. The topological polar surface area (TPSA) is 54.4 Å². The van der Waals surface area contributed by atoms with Crippen LogP contribution in [0.2, 0.25) is 0 Å². The Labute approximate surface area is 114 Å². The molecule has 0 aliphatic rings. The number of aliphatic carboxylic acids is 1. The third-order valence-electron chi connectivity index (χ3n) is 2.95. The zero-order valence-electron chi connectivity index (χ0n) is 11.6. The van der Waals surface area contributed by atoms with Crippen molar-refractivity contribution in [1.82, 2.24) is 0 Å². The summed E-state index contributed by atoms with van der Waals surface area (Å²) in [6.45, 7) is 6.38. The predicted octanol–water partition coefficient (Wildman–Crippen LogP) is 3.43. The van der Waals surface area contributed by atoms with Crippen LogP contribution in [0, 0.1) is 0 Å². The van der Waals surface area contributed by atoms with Gasteiger partial charge >= 0.3 is 5.97 Å². The molecule has 0 aliphatic heterocycles. The Morgan fingerprint density at radius 2 is 1.79 bits per heavy atom. The van der Waals surface area contributed by atoms with Crippen molar-refractivity contribution in [2.45, 2.75) is 39.0 Å². The van der Waals surface area contributed by atoms with E-state index < -0.39 is 5.97 Å². The van der Waals surface area contributed by atoms with Crippen LogP contribution in [0.1, 0.15) is 44.7 Å². The van der Waals surface area contributed by atoms with Gasteiger partial charge in [-0.05, 0) is 28.5 Å². The fraction of sp³-hybridized carbons (Fsp3) is 0.375. The molecule has 0 heterocycles. The van der Waals surface area contributed by atoms with Crippen molar-refractivity contribution in [2.24, 2.45) is 0 Å². The first kappa shape index (κ1) is 15.2. The monoisotopic (exact) mass is 260 g/mol. The van der Waals surface area contributed by atoms with Crippen LogP contribution >= 0.6 is 0 Å². The Bertz CT molecular complexity index is 476. The fourth-order valence-corrected chi connectivity index (χ4v) is 1.85. The van der Waals surface area contributed by atoms with Gasteiger partial charge in [0.1, 0.15) is 6.29 Å². The van der Waals surface area contributed by atoms with Crippen molar-refractivity contribution in [1.29, 1.82) is 0 Å². The van der Waals surface area contributed by atoms with Crippen LogP contribution in [0.4, 0.5) is 0 Å². The van der Waals surface area contributed by atoms with Crippen molar-refractivity contribution in [3.8, 4) is 0 Å². The highest BCUT2D eigenvalue weighted by molar-refractivity contribution is 5.90. The average molecular weight is 260 g/mol. The molecule has 1 aromatic rings. The molecule has 0 aliphatic carbocycles. The van der Waals surface area contributed by atoms with Crippen molar-refractivity contribution in [3.05, 3.63) is 41.5 Å².